The van der Waals surface area contributed by atoms with E-state index in [0.29, 0.717) is 0 Å². The summed E-state index contributed by atoms with van der Waals surface area (Å²) in [5.74, 6) is 1.05. The zero-order chi connectivity index (χ0) is 14.2. The summed E-state index contributed by atoms with van der Waals surface area (Å²) in [5, 5.41) is 0. The number of ether oxygens (including phenoxy) is 2. The number of rotatable bonds is 7. The molecule has 2 rings (SSSR count). The van der Waals surface area contributed by atoms with E-state index in [9.17, 15) is 0 Å². The molecular weight excluding hydrogens is 250 g/mol. The first-order valence-electron chi connectivity index (χ1n) is 7.87. The minimum absolute atomic E-state index is 0.836. The SMILES string of the molecule is Cc1ccc(C)c(OCCCCC[NH+]2CCOCC2)c1. The molecule has 0 amide bonds. The van der Waals surface area contributed by atoms with Crippen molar-refractivity contribution in [2.45, 2.75) is 33.1 Å². The zero-order valence-electron chi connectivity index (χ0n) is 12.9. The summed E-state index contributed by atoms with van der Waals surface area (Å²) >= 11 is 0. The van der Waals surface area contributed by atoms with Crippen LogP contribution in [0.3, 0.4) is 0 Å². The van der Waals surface area contributed by atoms with Crippen LogP contribution < -0.4 is 9.64 Å². The Morgan fingerprint density at radius 3 is 2.70 bits per heavy atom. The van der Waals surface area contributed by atoms with Gasteiger partial charge < -0.3 is 14.4 Å². The second-order valence-electron chi connectivity index (χ2n) is 5.79. The summed E-state index contributed by atoms with van der Waals surface area (Å²) in [6.45, 7) is 10.6. The Kier molecular flexibility index (Phi) is 6.34. The second kappa shape index (κ2) is 8.28. The van der Waals surface area contributed by atoms with Gasteiger partial charge in [-0.15, -0.1) is 0 Å². The zero-order valence-corrected chi connectivity index (χ0v) is 12.9. The lowest BCUT2D eigenvalue weighted by Crippen LogP contribution is -3.14. The van der Waals surface area contributed by atoms with Crippen LogP contribution in [-0.2, 0) is 4.74 Å². The highest BCUT2D eigenvalue weighted by Crippen LogP contribution is 2.19. The molecule has 0 spiro atoms. The first-order chi connectivity index (χ1) is 9.75. The standard InChI is InChI=1S/C17H27NO2/c1-15-6-7-16(2)17(14-15)20-11-5-3-4-8-18-9-12-19-13-10-18/h6-7,14H,3-5,8-13H2,1-2H3/p+1. The summed E-state index contributed by atoms with van der Waals surface area (Å²) < 4.78 is 11.3. The van der Waals surface area contributed by atoms with Crippen LogP contribution in [0, 0.1) is 13.8 Å². The smallest absolute Gasteiger partial charge is 0.122 e. The number of hydrogen-bond acceptors (Lipinski definition) is 2. The molecule has 1 aromatic rings. The van der Waals surface area contributed by atoms with E-state index in [1.807, 2.05) is 0 Å². The molecular formula is C17H28NO2+. The minimum atomic E-state index is 0.836. The van der Waals surface area contributed by atoms with Crippen molar-refractivity contribution in [3.8, 4) is 5.75 Å². The Morgan fingerprint density at radius 2 is 1.90 bits per heavy atom. The number of aryl methyl sites for hydroxylation is 2. The van der Waals surface area contributed by atoms with Crippen molar-refractivity contribution in [2.75, 3.05) is 39.5 Å². The van der Waals surface area contributed by atoms with Gasteiger partial charge in [0.25, 0.3) is 0 Å². The molecule has 112 valence electrons. The normalized spacial score (nSPS) is 16.3. The van der Waals surface area contributed by atoms with E-state index >= 15 is 0 Å². The average Bonchev–Trinajstić information content (AvgIpc) is 2.47. The van der Waals surface area contributed by atoms with Crippen molar-refractivity contribution in [3.05, 3.63) is 29.3 Å². The van der Waals surface area contributed by atoms with Crippen molar-refractivity contribution < 1.29 is 14.4 Å². The van der Waals surface area contributed by atoms with Gasteiger partial charge in [-0.25, -0.2) is 0 Å². The maximum atomic E-state index is 5.88. The number of quaternary nitrogens is 1. The van der Waals surface area contributed by atoms with Crippen molar-refractivity contribution in [1.29, 1.82) is 0 Å². The molecule has 0 unspecified atom stereocenters. The Morgan fingerprint density at radius 1 is 1.10 bits per heavy atom. The molecule has 0 bridgehead atoms. The predicted molar refractivity (Wildman–Crippen MR) is 81.6 cm³/mol. The molecule has 3 heteroatoms. The van der Waals surface area contributed by atoms with Gasteiger partial charge in [0.15, 0.2) is 0 Å². The highest BCUT2D eigenvalue weighted by molar-refractivity contribution is 5.35. The molecule has 1 aliphatic rings. The third kappa shape index (κ3) is 5.14. The lowest BCUT2D eigenvalue weighted by atomic mass is 10.1. The first-order valence-corrected chi connectivity index (χ1v) is 7.87. The van der Waals surface area contributed by atoms with Crippen LogP contribution in [0.4, 0.5) is 0 Å². The largest absolute Gasteiger partial charge is 0.493 e. The highest BCUT2D eigenvalue weighted by atomic mass is 16.5. The van der Waals surface area contributed by atoms with Gasteiger partial charge in [0.2, 0.25) is 0 Å². The molecule has 0 aromatic heterocycles. The molecule has 1 N–H and O–H groups in total. The van der Waals surface area contributed by atoms with Crippen molar-refractivity contribution in [2.24, 2.45) is 0 Å². The van der Waals surface area contributed by atoms with Gasteiger partial charge >= 0.3 is 0 Å². The Bertz CT molecular complexity index is 400. The Labute approximate surface area is 122 Å². The van der Waals surface area contributed by atoms with Crippen LogP contribution in [0.25, 0.3) is 0 Å². The van der Waals surface area contributed by atoms with E-state index in [1.54, 1.807) is 4.90 Å². The maximum absolute atomic E-state index is 5.88. The lowest BCUT2D eigenvalue weighted by molar-refractivity contribution is -0.908. The molecule has 0 aliphatic carbocycles. The summed E-state index contributed by atoms with van der Waals surface area (Å²) in [6, 6.07) is 6.40. The van der Waals surface area contributed by atoms with E-state index < -0.39 is 0 Å². The van der Waals surface area contributed by atoms with E-state index in [4.69, 9.17) is 9.47 Å². The van der Waals surface area contributed by atoms with Gasteiger partial charge in [-0.1, -0.05) is 12.1 Å². The van der Waals surface area contributed by atoms with Crippen LogP contribution in [-0.4, -0.2) is 39.5 Å². The first kappa shape index (κ1) is 15.3. The molecule has 0 saturated carbocycles. The molecule has 1 aromatic carbocycles. The van der Waals surface area contributed by atoms with E-state index in [1.165, 1.54) is 43.6 Å². The van der Waals surface area contributed by atoms with Crippen molar-refractivity contribution >= 4 is 0 Å². The Hall–Kier alpha value is -1.06. The third-order valence-electron chi connectivity index (χ3n) is 3.98. The maximum Gasteiger partial charge on any atom is 0.122 e. The number of nitrogens with one attached hydrogen (secondary N) is 1. The second-order valence-corrected chi connectivity index (χ2v) is 5.79. The average molecular weight is 278 g/mol. The van der Waals surface area contributed by atoms with E-state index in [-0.39, 0.29) is 0 Å². The third-order valence-corrected chi connectivity index (χ3v) is 3.98. The fraction of sp³-hybridized carbons (Fsp3) is 0.647. The quantitative estimate of drug-likeness (QED) is 0.768. The van der Waals surface area contributed by atoms with Crippen molar-refractivity contribution in [3.63, 3.8) is 0 Å². The topological polar surface area (TPSA) is 22.9 Å². The molecule has 1 aliphatic heterocycles. The van der Waals surface area contributed by atoms with Gasteiger partial charge in [0.05, 0.1) is 26.4 Å². The molecule has 20 heavy (non-hydrogen) atoms. The van der Waals surface area contributed by atoms with Gasteiger partial charge in [0.1, 0.15) is 18.8 Å². The summed E-state index contributed by atoms with van der Waals surface area (Å²) in [6.07, 6.45) is 3.71. The van der Waals surface area contributed by atoms with E-state index in [2.05, 4.69) is 32.0 Å². The summed E-state index contributed by atoms with van der Waals surface area (Å²) in [5.41, 5.74) is 2.50. The fourth-order valence-corrected chi connectivity index (χ4v) is 2.61. The summed E-state index contributed by atoms with van der Waals surface area (Å²) in [7, 11) is 0. The summed E-state index contributed by atoms with van der Waals surface area (Å²) in [4.78, 5) is 1.70. The van der Waals surface area contributed by atoms with Gasteiger partial charge in [-0.3, -0.25) is 0 Å². The predicted octanol–water partition coefficient (Wildman–Crippen LogP) is 1.77. The van der Waals surface area contributed by atoms with Crippen LogP contribution in [0.2, 0.25) is 0 Å². The van der Waals surface area contributed by atoms with Gasteiger partial charge in [-0.2, -0.15) is 0 Å². The molecule has 0 atom stereocenters. The lowest BCUT2D eigenvalue weighted by Gasteiger charge is -2.23. The molecule has 3 nitrogen and oxygen atoms in total. The van der Waals surface area contributed by atoms with Crippen molar-refractivity contribution in [1.82, 2.24) is 0 Å². The van der Waals surface area contributed by atoms with Crippen LogP contribution >= 0.6 is 0 Å². The minimum Gasteiger partial charge on any atom is -0.493 e. The molecule has 1 saturated heterocycles. The van der Waals surface area contributed by atoms with Gasteiger partial charge in [0, 0.05) is 0 Å². The number of benzene rings is 1. The number of hydrogen-bond donors (Lipinski definition) is 1. The van der Waals surface area contributed by atoms with Crippen LogP contribution in [0.5, 0.6) is 5.75 Å². The molecule has 1 fully saturated rings. The van der Waals surface area contributed by atoms with Crippen LogP contribution in [0.1, 0.15) is 30.4 Å². The molecule has 0 radical (unpaired) electrons. The number of unbranched alkanes of at least 4 members (excludes halogenated alkanes) is 2. The monoisotopic (exact) mass is 278 g/mol. The van der Waals surface area contributed by atoms with Gasteiger partial charge in [-0.05, 0) is 50.3 Å². The number of morpholine rings is 1. The highest BCUT2D eigenvalue weighted by Gasteiger charge is 2.12. The fourth-order valence-electron chi connectivity index (χ4n) is 2.61. The Balaban J connectivity index is 1.56. The van der Waals surface area contributed by atoms with Crippen LogP contribution in [0.15, 0.2) is 18.2 Å². The molecule has 1 heterocycles. The van der Waals surface area contributed by atoms with E-state index in [0.717, 1.165) is 32.0 Å².